The fourth-order valence-electron chi connectivity index (χ4n) is 4.02. The summed E-state index contributed by atoms with van der Waals surface area (Å²) in [4.78, 5) is 21.0. The first-order chi connectivity index (χ1) is 17.7. The lowest BCUT2D eigenvalue weighted by Crippen LogP contribution is -2.16. The molecule has 0 bridgehead atoms. The summed E-state index contributed by atoms with van der Waals surface area (Å²) in [6.45, 7) is 4.27. The Morgan fingerprint density at radius 1 is 1.14 bits per heavy atom. The largest absolute Gasteiger partial charge is 0.417 e. The molecule has 37 heavy (non-hydrogen) atoms. The van der Waals surface area contributed by atoms with Crippen LogP contribution in [0.2, 0.25) is 0 Å². The average molecular weight is 504 g/mol. The molecule has 5 rings (SSSR count). The van der Waals surface area contributed by atoms with Crippen LogP contribution in [-0.4, -0.2) is 37.9 Å². The molecule has 3 aromatic heterocycles. The van der Waals surface area contributed by atoms with E-state index >= 15 is 0 Å². The summed E-state index contributed by atoms with van der Waals surface area (Å²) in [6, 6.07) is 13.5. The highest BCUT2D eigenvalue weighted by Gasteiger charge is 2.28. The summed E-state index contributed by atoms with van der Waals surface area (Å²) in [5.74, 6) is 0.939. The predicted molar refractivity (Wildman–Crippen MR) is 135 cm³/mol. The molecule has 0 fully saturated rings. The van der Waals surface area contributed by atoms with Crippen molar-refractivity contribution >= 4 is 23.2 Å². The second-order valence-electron chi connectivity index (χ2n) is 9.30. The van der Waals surface area contributed by atoms with Crippen molar-refractivity contribution in [2.24, 2.45) is 0 Å². The molecule has 4 N–H and O–H groups in total. The van der Waals surface area contributed by atoms with Crippen LogP contribution in [0.15, 0.2) is 59.1 Å². The maximum Gasteiger partial charge on any atom is 0.253 e. The molecule has 190 valence electrons. The highest BCUT2D eigenvalue weighted by atomic mass is 19.1. The third-order valence-corrected chi connectivity index (χ3v) is 5.95. The SMILES string of the molecule is CC1NC(=O)c2ccc(Nc3cc(N[C@H](CF)c4ccccc4)c(-c4nnc(C(C)(C)O)o4)cn3)nc21. The Hall–Kier alpha value is -4.38. The molecule has 0 radical (unpaired) electrons. The molecule has 2 atom stereocenters. The predicted octanol–water partition coefficient (Wildman–Crippen LogP) is 4.42. The molecule has 0 aliphatic carbocycles. The molecule has 1 aliphatic heterocycles. The summed E-state index contributed by atoms with van der Waals surface area (Å²) in [7, 11) is 0. The van der Waals surface area contributed by atoms with Crippen LogP contribution < -0.4 is 16.0 Å². The van der Waals surface area contributed by atoms with Gasteiger partial charge in [-0.15, -0.1) is 10.2 Å². The van der Waals surface area contributed by atoms with E-state index in [-0.39, 0.29) is 23.7 Å². The molecule has 0 spiro atoms. The molecule has 4 heterocycles. The van der Waals surface area contributed by atoms with Crippen LogP contribution in [0.3, 0.4) is 0 Å². The van der Waals surface area contributed by atoms with Gasteiger partial charge in [0.05, 0.1) is 34.6 Å². The van der Waals surface area contributed by atoms with E-state index in [0.29, 0.717) is 34.1 Å². The van der Waals surface area contributed by atoms with Crippen LogP contribution in [-0.2, 0) is 5.60 Å². The second-order valence-corrected chi connectivity index (χ2v) is 9.30. The molecule has 1 aliphatic rings. The van der Waals surface area contributed by atoms with Crippen molar-refractivity contribution in [3.05, 3.63) is 77.4 Å². The van der Waals surface area contributed by atoms with Gasteiger partial charge in [-0.05, 0) is 38.5 Å². The Bertz CT molecular complexity index is 1440. The number of nitrogens with zero attached hydrogens (tertiary/aromatic N) is 4. The van der Waals surface area contributed by atoms with Crippen molar-refractivity contribution in [3.8, 4) is 11.5 Å². The van der Waals surface area contributed by atoms with Gasteiger partial charge in [-0.2, -0.15) is 0 Å². The van der Waals surface area contributed by atoms with Crippen molar-refractivity contribution in [1.82, 2.24) is 25.5 Å². The fraction of sp³-hybridized carbons (Fsp3) is 0.269. The number of amides is 1. The lowest BCUT2D eigenvalue weighted by atomic mass is 10.1. The van der Waals surface area contributed by atoms with Crippen molar-refractivity contribution in [3.63, 3.8) is 0 Å². The fourth-order valence-corrected chi connectivity index (χ4v) is 4.02. The minimum Gasteiger partial charge on any atom is -0.417 e. The van der Waals surface area contributed by atoms with Gasteiger partial charge in [-0.25, -0.2) is 14.4 Å². The van der Waals surface area contributed by atoms with Gasteiger partial charge in [0.15, 0.2) is 0 Å². The van der Waals surface area contributed by atoms with Crippen LogP contribution in [0.25, 0.3) is 11.5 Å². The Labute approximate surface area is 212 Å². The quantitative estimate of drug-likeness (QED) is 0.275. The molecule has 1 amide bonds. The van der Waals surface area contributed by atoms with Gasteiger partial charge >= 0.3 is 0 Å². The van der Waals surface area contributed by atoms with Gasteiger partial charge in [-0.3, -0.25) is 4.79 Å². The number of hydrogen-bond donors (Lipinski definition) is 4. The summed E-state index contributed by atoms with van der Waals surface area (Å²) in [5.41, 5.74) is 1.55. The first-order valence-corrected chi connectivity index (χ1v) is 11.8. The van der Waals surface area contributed by atoms with E-state index in [9.17, 15) is 14.3 Å². The molecule has 10 nitrogen and oxygen atoms in total. The zero-order valence-corrected chi connectivity index (χ0v) is 20.5. The molecule has 1 aromatic carbocycles. The number of aliphatic hydroxyl groups is 1. The monoisotopic (exact) mass is 503 g/mol. The molecule has 1 unspecified atom stereocenters. The number of anilines is 3. The van der Waals surface area contributed by atoms with Crippen LogP contribution in [0.1, 0.15) is 60.4 Å². The minimum absolute atomic E-state index is 0.0420. The van der Waals surface area contributed by atoms with Crippen molar-refractivity contribution in [2.45, 2.75) is 38.5 Å². The lowest BCUT2D eigenvalue weighted by Gasteiger charge is -2.19. The number of hydrogen-bond acceptors (Lipinski definition) is 9. The van der Waals surface area contributed by atoms with Crippen molar-refractivity contribution < 1.29 is 18.7 Å². The normalized spacial score (nSPS) is 15.7. The topological polar surface area (TPSA) is 138 Å². The number of halogens is 1. The van der Waals surface area contributed by atoms with Crippen LogP contribution in [0.4, 0.5) is 21.7 Å². The van der Waals surface area contributed by atoms with E-state index in [0.717, 1.165) is 5.56 Å². The van der Waals surface area contributed by atoms with E-state index in [1.165, 1.54) is 20.0 Å². The van der Waals surface area contributed by atoms with E-state index in [2.05, 4.69) is 36.1 Å². The van der Waals surface area contributed by atoms with Crippen LogP contribution >= 0.6 is 0 Å². The Morgan fingerprint density at radius 2 is 1.92 bits per heavy atom. The third-order valence-electron chi connectivity index (χ3n) is 5.95. The number of aromatic nitrogens is 4. The Morgan fingerprint density at radius 3 is 2.62 bits per heavy atom. The van der Waals surface area contributed by atoms with Crippen molar-refractivity contribution in [1.29, 1.82) is 0 Å². The first-order valence-electron chi connectivity index (χ1n) is 11.8. The molecule has 0 saturated carbocycles. The number of pyridine rings is 2. The van der Waals surface area contributed by atoms with Gasteiger partial charge in [0.25, 0.3) is 11.8 Å². The zero-order valence-electron chi connectivity index (χ0n) is 20.5. The van der Waals surface area contributed by atoms with Gasteiger partial charge in [0.2, 0.25) is 5.89 Å². The van der Waals surface area contributed by atoms with Crippen molar-refractivity contribution in [2.75, 3.05) is 17.3 Å². The van der Waals surface area contributed by atoms with E-state index < -0.39 is 18.3 Å². The van der Waals surface area contributed by atoms with Gasteiger partial charge in [0, 0.05) is 12.3 Å². The molecular formula is C26H26FN7O3. The maximum absolute atomic E-state index is 14.1. The number of carbonyl (C=O) groups is 1. The molecule has 11 heteroatoms. The number of fused-ring (bicyclic) bond motifs is 1. The first kappa shape index (κ1) is 24.3. The van der Waals surface area contributed by atoms with Gasteiger partial charge in [-0.1, -0.05) is 30.3 Å². The molecular weight excluding hydrogens is 477 g/mol. The summed E-state index contributed by atoms with van der Waals surface area (Å²) >= 11 is 0. The number of alkyl halides is 1. The molecule has 0 saturated heterocycles. The van der Waals surface area contributed by atoms with Gasteiger partial charge in [0.1, 0.15) is 23.9 Å². The zero-order chi connectivity index (χ0) is 26.2. The average Bonchev–Trinajstić information content (AvgIpc) is 3.48. The summed E-state index contributed by atoms with van der Waals surface area (Å²) in [5, 5.41) is 27.5. The van der Waals surface area contributed by atoms with E-state index in [4.69, 9.17) is 4.42 Å². The van der Waals surface area contributed by atoms with E-state index in [1.54, 1.807) is 18.2 Å². The Balaban J connectivity index is 1.51. The van der Waals surface area contributed by atoms with Gasteiger partial charge < -0.3 is 25.5 Å². The summed E-state index contributed by atoms with van der Waals surface area (Å²) in [6.07, 6.45) is 1.52. The number of rotatable bonds is 8. The van der Waals surface area contributed by atoms with Crippen LogP contribution in [0.5, 0.6) is 0 Å². The smallest absolute Gasteiger partial charge is 0.253 e. The number of benzene rings is 1. The third kappa shape index (κ3) is 4.98. The van der Waals surface area contributed by atoms with E-state index in [1.807, 2.05) is 37.3 Å². The standard InChI is InChI=1S/C26H26FN7O3/c1-14-22-16(23(35)29-14)9-10-20(32-22)31-21-11-18(30-19(12-27)15-7-5-4-6-8-15)17(13-28-21)24-33-34-25(37-24)26(2,3)36/h4-11,13-14,19,36H,12H2,1-3H3,(H,29,35)(H2,28,30,31,32)/t14?,19-/m1/s1. The highest BCUT2D eigenvalue weighted by molar-refractivity contribution is 5.98. The second kappa shape index (κ2) is 9.58. The highest BCUT2D eigenvalue weighted by Crippen LogP contribution is 2.34. The minimum atomic E-state index is -1.33. The lowest BCUT2D eigenvalue weighted by molar-refractivity contribution is 0.0488. The maximum atomic E-state index is 14.1. The van der Waals surface area contributed by atoms with Crippen LogP contribution in [0, 0.1) is 0 Å². The Kier molecular flexibility index (Phi) is 6.30. The number of carbonyl (C=O) groups excluding carboxylic acids is 1. The summed E-state index contributed by atoms with van der Waals surface area (Å²) < 4.78 is 19.9. The number of nitrogens with one attached hydrogen (secondary N) is 3. The molecule has 4 aromatic rings.